The van der Waals surface area contributed by atoms with Crippen LogP contribution >= 0.6 is 11.3 Å². The van der Waals surface area contributed by atoms with Gasteiger partial charge in [0.2, 0.25) is 0 Å². The monoisotopic (exact) mass is 465 g/mol. The van der Waals surface area contributed by atoms with Gasteiger partial charge >= 0.3 is 6.36 Å². The van der Waals surface area contributed by atoms with Gasteiger partial charge in [0.15, 0.2) is 0 Å². The molecule has 2 atom stereocenters. The molecule has 1 fully saturated rings. The van der Waals surface area contributed by atoms with E-state index in [4.69, 9.17) is 0 Å². The molecule has 7 nitrogen and oxygen atoms in total. The van der Waals surface area contributed by atoms with E-state index >= 15 is 0 Å². The van der Waals surface area contributed by atoms with E-state index in [2.05, 4.69) is 15.0 Å². The first-order valence-electron chi connectivity index (χ1n) is 9.51. The number of benzene rings is 2. The molecule has 168 valence electrons. The van der Waals surface area contributed by atoms with Crippen LogP contribution in [0.5, 0.6) is 5.75 Å². The van der Waals surface area contributed by atoms with Crippen LogP contribution < -0.4 is 15.0 Å². The molecule has 0 bridgehead atoms. The van der Waals surface area contributed by atoms with Crippen LogP contribution in [0.25, 0.3) is 10.4 Å². The van der Waals surface area contributed by atoms with Gasteiger partial charge in [0.1, 0.15) is 5.75 Å². The number of aliphatic hydroxyl groups is 2. The van der Waals surface area contributed by atoms with Crippen molar-refractivity contribution >= 4 is 28.6 Å². The van der Waals surface area contributed by atoms with Gasteiger partial charge in [0, 0.05) is 41.8 Å². The number of halogens is 3. The quantitative estimate of drug-likeness (QED) is 0.534. The number of rotatable bonds is 5. The minimum atomic E-state index is -4.79. The minimum absolute atomic E-state index is 0.255. The lowest BCUT2D eigenvalue weighted by Gasteiger charge is -2.21. The first-order valence-corrected chi connectivity index (χ1v) is 10.4. The third-order valence-electron chi connectivity index (χ3n) is 4.90. The fourth-order valence-corrected chi connectivity index (χ4v) is 4.06. The second-order valence-corrected chi connectivity index (χ2v) is 8.05. The lowest BCUT2D eigenvalue weighted by molar-refractivity contribution is -0.274. The molecule has 1 aromatic heterocycles. The maximum atomic E-state index is 12.8. The van der Waals surface area contributed by atoms with Crippen molar-refractivity contribution in [2.24, 2.45) is 0 Å². The highest BCUT2D eigenvalue weighted by atomic mass is 32.1. The summed E-state index contributed by atoms with van der Waals surface area (Å²) in [5.41, 5.74) is 3.75. The van der Waals surface area contributed by atoms with Crippen LogP contribution in [0, 0.1) is 0 Å². The van der Waals surface area contributed by atoms with Gasteiger partial charge in [-0.2, -0.15) is 0 Å². The number of carbonyl (C=O) groups is 1. The van der Waals surface area contributed by atoms with E-state index in [1.54, 1.807) is 29.9 Å². The molecule has 0 radical (unpaired) electrons. The normalized spacial score (nSPS) is 18.6. The summed E-state index contributed by atoms with van der Waals surface area (Å²) >= 11 is 1.38. The summed E-state index contributed by atoms with van der Waals surface area (Å²) in [4.78, 5) is 19.5. The van der Waals surface area contributed by atoms with Crippen molar-refractivity contribution < 1.29 is 32.9 Å². The summed E-state index contributed by atoms with van der Waals surface area (Å²) in [6, 6.07) is 9.85. The van der Waals surface area contributed by atoms with Crippen molar-refractivity contribution in [3.8, 4) is 16.2 Å². The van der Waals surface area contributed by atoms with Crippen LogP contribution in [-0.2, 0) is 0 Å². The maximum Gasteiger partial charge on any atom is 0.573 e. The molecule has 4 rings (SSSR count). The lowest BCUT2D eigenvalue weighted by Crippen LogP contribution is -2.22. The van der Waals surface area contributed by atoms with Crippen LogP contribution in [-0.4, -0.2) is 52.8 Å². The largest absolute Gasteiger partial charge is 0.573 e. The predicted molar refractivity (Wildman–Crippen MR) is 113 cm³/mol. The van der Waals surface area contributed by atoms with Crippen molar-refractivity contribution in [1.29, 1.82) is 0 Å². The number of thiazole rings is 1. The zero-order chi connectivity index (χ0) is 22.9. The summed E-state index contributed by atoms with van der Waals surface area (Å²) in [5.74, 6) is -0.837. The SMILES string of the molecule is O=C(Nc1ccc(OC(F)(F)F)cc1)c1ccc(N2C[C@H](O)[C@@H](O)C2)c(-c2cncs2)c1. The molecule has 0 saturated carbocycles. The highest BCUT2D eigenvalue weighted by Gasteiger charge is 2.32. The number of amides is 1. The van der Waals surface area contributed by atoms with Crippen LogP contribution in [0.4, 0.5) is 24.5 Å². The number of aromatic nitrogens is 1. The number of hydrogen-bond acceptors (Lipinski definition) is 7. The molecule has 1 aliphatic rings. The fourth-order valence-electron chi connectivity index (χ4n) is 3.41. The number of nitrogens with zero attached hydrogens (tertiary/aromatic N) is 2. The van der Waals surface area contributed by atoms with E-state index in [0.717, 1.165) is 28.3 Å². The molecular formula is C21H18F3N3O4S. The van der Waals surface area contributed by atoms with Crippen LogP contribution in [0.15, 0.2) is 54.2 Å². The fraction of sp³-hybridized carbons (Fsp3) is 0.238. The number of hydrogen-bond donors (Lipinski definition) is 3. The average molecular weight is 465 g/mol. The lowest BCUT2D eigenvalue weighted by atomic mass is 10.1. The average Bonchev–Trinajstić information content (AvgIpc) is 3.38. The van der Waals surface area contributed by atoms with Crippen molar-refractivity contribution in [3.05, 3.63) is 59.7 Å². The van der Waals surface area contributed by atoms with E-state index in [0.29, 0.717) is 11.3 Å². The van der Waals surface area contributed by atoms with Gasteiger partial charge in [0.05, 0.1) is 22.6 Å². The molecule has 2 heterocycles. The Kier molecular flexibility index (Phi) is 6.04. The highest BCUT2D eigenvalue weighted by Crippen LogP contribution is 2.36. The van der Waals surface area contributed by atoms with E-state index < -0.39 is 24.5 Å². The Bertz CT molecular complexity index is 1080. The zero-order valence-electron chi connectivity index (χ0n) is 16.4. The second-order valence-electron chi connectivity index (χ2n) is 7.16. The second kappa shape index (κ2) is 8.77. The van der Waals surface area contributed by atoms with Crippen molar-refractivity contribution in [2.75, 3.05) is 23.3 Å². The summed E-state index contributed by atoms with van der Waals surface area (Å²) in [6.07, 6.45) is -4.86. The number of alkyl halides is 3. The molecule has 1 amide bonds. The summed E-state index contributed by atoms with van der Waals surface area (Å²) in [5, 5.41) is 22.4. The zero-order valence-corrected chi connectivity index (χ0v) is 17.2. The number of carbonyl (C=O) groups excluding carboxylic acids is 1. The highest BCUT2D eigenvalue weighted by molar-refractivity contribution is 7.13. The molecule has 0 aliphatic carbocycles. The summed E-state index contributed by atoms with van der Waals surface area (Å²) in [7, 11) is 0. The Hall–Kier alpha value is -3.15. The van der Waals surface area contributed by atoms with Crippen LogP contribution in [0.2, 0.25) is 0 Å². The Labute approximate surface area is 184 Å². The molecule has 2 aromatic carbocycles. The van der Waals surface area contributed by atoms with Crippen molar-refractivity contribution in [3.63, 3.8) is 0 Å². The first kappa shape index (κ1) is 22.1. The molecule has 3 N–H and O–H groups in total. The third-order valence-corrected chi connectivity index (χ3v) is 5.71. The Balaban J connectivity index is 1.56. The smallest absolute Gasteiger partial charge is 0.406 e. The molecule has 1 saturated heterocycles. The van der Waals surface area contributed by atoms with Crippen molar-refractivity contribution in [2.45, 2.75) is 18.6 Å². The van der Waals surface area contributed by atoms with E-state index in [-0.39, 0.29) is 18.8 Å². The standard InChI is InChI=1S/C21H18F3N3O4S/c22-21(23,24)31-14-4-2-13(3-5-14)26-20(30)12-1-6-16(27-9-17(28)18(29)10-27)15(7-12)19-8-25-11-32-19/h1-8,11,17-18,28-29H,9-10H2,(H,26,30)/t17-,18-/m0/s1. The Morgan fingerprint density at radius 3 is 2.41 bits per heavy atom. The van der Waals surface area contributed by atoms with E-state index in [1.807, 2.05) is 4.90 Å². The van der Waals surface area contributed by atoms with Crippen LogP contribution in [0.1, 0.15) is 10.4 Å². The Morgan fingerprint density at radius 2 is 1.81 bits per heavy atom. The topological polar surface area (TPSA) is 94.9 Å². The molecule has 32 heavy (non-hydrogen) atoms. The Morgan fingerprint density at radius 1 is 1.12 bits per heavy atom. The van der Waals surface area contributed by atoms with Gasteiger partial charge in [0.25, 0.3) is 5.91 Å². The maximum absolute atomic E-state index is 12.8. The van der Waals surface area contributed by atoms with E-state index in [9.17, 15) is 28.2 Å². The van der Waals surface area contributed by atoms with Crippen molar-refractivity contribution in [1.82, 2.24) is 4.98 Å². The van der Waals surface area contributed by atoms with E-state index in [1.165, 1.54) is 23.5 Å². The molecule has 0 unspecified atom stereocenters. The van der Waals surface area contributed by atoms with Gasteiger partial charge in [-0.1, -0.05) is 0 Å². The summed E-state index contributed by atoms with van der Waals surface area (Å²) in [6.45, 7) is 0.510. The van der Waals surface area contributed by atoms with Crippen LogP contribution in [0.3, 0.4) is 0 Å². The first-order chi connectivity index (χ1) is 15.2. The van der Waals surface area contributed by atoms with Gasteiger partial charge in [-0.3, -0.25) is 9.78 Å². The molecule has 11 heteroatoms. The number of β-amino-alcohol motifs (C(OH)–C–C–N with tert-alkyl or cyclic N) is 2. The molecule has 0 spiro atoms. The van der Waals surface area contributed by atoms with Gasteiger partial charge in [-0.15, -0.1) is 24.5 Å². The minimum Gasteiger partial charge on any atom is -0.406 e. The van der Waals surface area contributed by atoms with Gasteiger partial charge in [-0.05, 0) is 42.5 Å². The molecule has 3 aromatic rings. The van der Waals surface area contributed by atoms with Gasteiger partial charge < -0.3 is 25.2 Å². The number of aliphatic hydroxyl groups excluding tert-OH is 2. The van der Waals surface area contributed by atoms with Gasteiger partial charge in [-0.25, -0.2) is 0 Å². The number of anilines is 2. The third kappa shape index (κ3) is 5.01. The molecular weight excluding hydrogens is 447 g/mol. The summed E-state index contributed by atoms with van der Waals surface area (Å²) < 4.78 is 40.7. The number of nitrogens with one attached hydrogen (secondary N) is 1. The number of ether oxygens (including phenoxy) is 1. The predicted octanol–water partition coefficient (Wildman–Crippen LogP) is 3.50. The molecule has 1 aliphatic heterocycles.